The van der Waals surface area contributed by atoms with Crippen molar-refractivity contribution in [2.24, 2.45) is 4.99 Å². The summed E-state index contributed by atoms with van der Waals surface area (Å²) in [4.78, 5) is 24.1. The Morgan fingerprint density at radius 1 is 1.09 bits per heavy atom. The van der Waals surface area contributed by atoms with Gasteiger partial charge in [-0.3, -0.25) is 9.78 Å². The highest BCUT2D eigenvalue weighted by atomic mass is 35.5. The summed E-state index contributed by atoms with van der Waals surface area (Å²) in [6, 6.07) is 20.7. The highest BCUT2D eigenvalue weighted by molar-refractivity contribution is 6.33. The number of carbonyl (C=O) groups is 1. The fraction of sp³-hybridized carbons (Fsp3) is 0.111. The number of ether oxygens (including phenoxy) is 1. The number of pyridine rings is 2. The number of aromatic nitrogens is 2. The molecule has 8 heteroatoms. The van der Waals surface area contributed by atoms with Gasteiger partial charge in [-0.15, -0.1) is 0 Å². The number of anilines is 1. The van der Waals surface area contributed by atoms with Crippen molar-refractivity contribution in [2.45, 2.75) is 6.92 Å². The number of benzene rings is 2. The van der Waals surface area contributed by atoms with Crippen LogP contribution in [-0.4, -0.2) is 41.9 Å². The Morgan fingerprint density at radius 2 is 1.83 bits per heavy atom. The van der Waals surface area contributed by atoms with Crippen LogP contribution >= 0.6 is 11.6 Å². The van der Waals surface area contributed by atoms with E-state index in [9.17, 15) is 4.79 Å². The second-order valence-electron chi connectivity index (χ2n) is 7.24. The van der Waals surface area contributed by atoms with Crippen molar-refractivity contribution in [3.05, 3.63) is 89.1 Å². The van der Waals surface area contributed by atoms with Crippen molar-refractivity contribution in [3.63, 3.8) is 0 Å². The summed E-state index contributed by atoms with van der Waals surface area (Å²) in [5.74, 6) is 0.983. The van der Waals surface area contributed by atoms with Crippen LogP contribution in [-0.2, 0) is 0 Å². The number of rotatable bonds is 8. The van der Waals surface area contributed by atoms with Crippen molar-refractivity contribution in [3.8, 4) is 28.3 Å². The lowest BCUT2D eigenvalue weighted by molar-refractivity contribution is 0.112. The van der Waals surface area contributed by atoms with Gasteiger partial charge < -0.3 is 15.2 Å². The van der Waals surface area contributed by atoms with Crippen LogP contribution < -0.4 is 10.1 Å². The molecule has 35 heavy (non-hydrogen) atoms. The summed E-state index contributed by atoms with van der Waals surface area (Å²) in [6.07, 6.45) is 2.57. The lowest BCUT2D eigenvalue weighted by Gasteiger charge is -2.13. The van der Waals surface area contributed by atoms with Crippen LogP contribution in [0.25, 0.3) is 22.5 Å². The second-order valence-corrected chi connectivity index (χ2v) is 7.65. The number of halogens is 1. The topological polar surface area (TPSA) is 96.7 Å². The average Bonchev–Trinajstić information content (AvgIpc) is 2.91. The molecule has 2 aromatic carbocycles. The fourth-order valence-corrected chi connectivity index (χ4v) is 3.56. The van der Waals surface area contributed by atoms with Gasteiger partial charge in [0, 0.05) is 30.0 Å². The molecule has 0 radical (unpaired) electrons. The van der Waals surface area contributed by atoms with Gasteiger partial charge in [-0.05, 0) is 49.5 Å². The average molecular weight is 489 g/mol. The van der Waals surface area contributed by atoms with Crippen LogP contribution in [0.2, 0.25) is 5.02 Å². The Balaban J connectivity index is 0.00000167. The van der Waals surface area contributed by atoms with Crippen molar-refractivity contribution in [2.75, 3.05) is 19.2 Å². The van der Waals surface area contributed by atoms with Crippen molar-refractivity contribution < 1.29 is 14.6 Å². The highest BCUT2D eigenvalue weighted by Gasteiger charge is 2.12. The van der Waals surface area contributed by atoms with Gasteiger partial charge in [0.1, 0.15) is 12.0 Å². The molecule has 0 saturated heterocycles. The van der Waals surface area contributed by atoms with E-state index in [1.807, 2.05) is 55.5 Å². The zero-order valence-corrected chi connectivity index (χ0v) is 20.2. The summed E-state index contributed by atoms with van der Waals surface area (Å²) in [5, 5.41) is 10.6. The number of aliphatic hydroxyl groups excluding tert-OH is 1. The van der Waals surface area contributed by atoms with Gasteiger partial charge in [0.2, 0.25) is 0 Å². The van der Waals surface area contributed by atoms with Gasteiger partial charge in [0.15, 0.2) is 12.5 Å². The first kappa shape index (κ1) is 25.6. The van der Waals surface area contributed by atoms with Gasteiger partial charge in [0.25, 0.3) is 0 Å². The van der Waals surface area contributed by atoms with E-state index in [2.05, 4.69) is 27.0 Å². The van der Waals surface area contributed by atoms with Gasteiger partial charge in [-0.1, -0.05) is 48.0 Å². The van der Waals surface area contributed by atoms with E-state index in [1.165, 1.54) is 0 Å². The Morgan fingerprint density at radius 3 is 2.49 bits per heavy atom. The van der Waals surface area contributed by atoms with Crippen LogP contribution in [0.4, 0.5) is 11.5 Å². The third-order valence-corrected chi connectivity index (χ3v) is 5.39. The maximum Gasteiger partial charge on any atom is 0.175 e. The van der Waals surface area contributed by atoms with Crippen LogP contribution in [0.1, 0.15) is 15.9 Å². The van der Waals surface area contributed by atoms with E-state index in [1.54, 1.807) is 24.4 Å². The number of hydrogen-bond acceptors (Lipinski definition) is 7. The molecule has 0 aliphatic carbocycles. The van der Waals surface area contributed by atoms with Crippen molar-refractivity contribution >= 4 is 36.1 Å². The minimum atomic E-state index is 0.139. The number of aryl methyl sites for hydroxylation is 1. The number of aldehydes is 1. The molecular weight excluding hydrogens is 464 g/mol. The van der Waals surface area contributed by atoms with E-state index >= 15 is 0 Å². The molecule has 2 aromatic heterocycles. The Kier molecular flexibility index (Phi) is 9.06. The van der Waals surface area contributed by atoms with Gasteiger partial charge in [0.05, 0.1) is 22.1 Å². The highest BCUT2D eigenvalue weighted by Crippen LogP contribution is 2.34. The fourth-order valence-electron chi connectivity index (χ4n) is 3.30. The molecule has 178 valence electrons. The number of nitrogens with one attached hydrogen (secondary N) is 1. The summed E-state index contributed by atoms with van der Waals surface area (Å²) in [6.45, 7) is 5.63. The smallest absolute Gasteiger partial charge is 0.175 e. The standard InChI is InChI=1S/C26H21ClN4O2.CH4O/c1-17-6-11-21(13-20(17)15-32)33-16-30-24-14-22(27)25(31-26(24)28-2)19-9-7-18(8-10-19)23-5-3-4-12-29-23;1-2/h3-15,30H,2,16H2,1H3;2H,1H3. The van der Waals surface area contributed by atoms with E-state index in [0.717, 1.165) is 35.8 Å². The molecule has 2 N–H and O–H groups in total. The first-order valence-electron chi connectivity index (χ1n) is 10.7. The zero-order valence-electron chi connectivity index (χ0n) is 19.4. The van der Waals surface area contributed by atoms with Crippen LogP contribution in [0.3, 0.4) is 0 Å². The minimum Gasteiger partial charge on any atom is -0.473 e. The van der Waals surface area contributed by atoms with Crippen molar-refractivity contribution in [1.82, 2.24) is 9.97 Å². The molecule has 0 spiro atoms. The van der Waals surface area contributed by atoms with Crippen LogP contribution in [0.5, 0.6) is 5.75 Å². The molecular formula is C27H25ClN4O3. The van der Waals surface area contributed by atoms with E-state index in [4.69, 9.17) is 21.4 Å². The SMILES string of the molecule is C=Nc1nc(-c2ccc(-c3ccccn3)cc2)c(Cl)cc1NCOc1ccc(C)c(C=O)c1.CO. The van der Waals surface area contributed by atoms with Crippen LogP contribution in [0, 0.1) is 6.92 Å². The first-order valence-corrected chi connectivity index (χ1v) is 11.0. The Hall–Kier alpha value is -4.07. The van der Waals surface area contributed by atoms with Gasteiger partial charge in [-0.2, -0.15) is 0 Å². The molecule has 0 aliphatic rings. The number of aliphatic imine (C=N–C) groups is 1. The van der Waals surface area contributed by atoms with E-state index < -0.39 is 0 Å². The minimum absolute atomic E-state index is 0.139. The maximum atomic E-state index is 11.1. The molecule has 2 heterocycles. The van der Waals surface area contributed by atoms with Crippen LogP contribution in [0.15, 0.2) is 77.9 Å². The third-order valence-electron chi connectivity index (χ3n) is 5.10. The van der Waals surface area contributed by atoms with Gasteiger partial charge in [-0.25, -0.2) is 9.98 Å². The molecule has 4 rings (SSSR count). The normalized spacial score (nSPS) is 10.1. The number of nitrogens with zero attached hydrogens (tertiary/aromatic N) is 3. The number of aliphatic hydroxyl groups is 1. The number of carbonyl (C=O) groups excluding carboxylic acids is 1. The first-order chi connectivity index (χ1) is 17.1. The zero-order chi connectivity index (χ0) is 25.2. The van der Waals surface area contributed by atoms with E-state index in [-0.39, 0.29) is 6.73 Å². The lowest BCUT2D eigenvalue weighted by atomic mass is 10.1. The molecule has 0 aliphatic heterocycles. The molecule has 7 nitrogen and oxygen atoms in total. The summed E-state index contributed by atoms with van der Waals surface area (Å²) >= 11 is 6.55. The molecule has 0 saturated carbocycles. The summed E-state index contributed by atoms with van der Waals surface area (Å²) in [7, 11) is 1.00. The van der Waals surface area contributed by atoms with Crippen molar-refractivity contribution in [1.29, 1.82) is 0 Å². The predicted molar refractivity (Wildman–Crippen MR) is 141 cm³/mol. The molecule has 0 atom stereocenters. The second kappa shape index (κ2) is 12.4. The monoisotopic (exact) mass is 488 g/mol. The Bertz CT molecular complexity index is 1300. The predicted octanol–water partition coefficient (Wildman–Crippen LogP) is 5.97. The molecule has 4 aromatic rings. The largest absolute Gasteiger partial charge is 0.473 e. The quantitative estimate of drug-likeness (QED) is 0.180. The third kappa shape index (κ3) is 6.29. The molecule has 0 amide bonds. The summed E-state index contributed by atoms with van der Waals surface area (Å²) < 4.78 is 5.71. The lowest BCUT2D eigenvalue weighted by Crippen LogP contribution is -2.10. The molecule has 0 unspecified atom stereocenters. The summed E-state index contributed by atoms with van der Waals surface area (Å²) in [5.41, 5.74) is 5.42. The molecule has 0 fully saturated rings. The number of hydrogen-bond donors (Lipinski definition) is 2. The maximum absolute atomic E-state index is 11.1. The van der Waals surface area contributed by atoms with Gasteiger partial charge >= 0.3 is 0 Å². The molecule has 0 bridgehead atoms. The Labute approximate surface area is 209 Å². The van der Waals surface area contributed by atoms with E-state index in [0.29, 0.717) is 33.5 Å².